The Balaban J connectivity index is 1.34. The molecule has 1 fully saturated rings. The van der Waals surface area contributed by atoms with Crippen molar-refractivity contribution in [3.63, 3.8) is 0 Å². The predicted octanol–water partition coefficient (Wildman–Crippen LogP) is 8.40. The first-order valence-electron chi connectivity index (χ1n) is 19.7. The highest BCUT2D eigenvalue weighted by Crippen LogP contribution is 2.50. The number of Topliss-reactive ketones (excluding diaryl/α,β-unsaturated/α-hetero) is 1. The Kier molecular flexibility index (Phi) is 21.0. The van der Waals surface area contributed by atoms with Gasteiger partial charge in [0.1, 0.15) is 23.7 Å². The average Bonchev–Trinajstić information content (AvgIpc) is 3.39. The summed E-state index contributed by atoms with van der Waals surface area (Å²) in [4.78, 5) is 40.4. The molecule has 3 rings (SSSR count). The highest BCUT2D eigenvalue weighted by molar-refractivity contribution is 7.54. The number of benzene rings is 1. The van der Waals surface area contributed by atoms with Crippen molar-refractivity contribution in [2.75, 3.05) is 32.9 Å². The number of allylic oxidation sites excluding steroid dienone is 10. The topological polar surface area (TPSA) is 140 Å². The van der Waals surface area contributed by atoms with Crippen LogP contribution < -0.4 is 15.8 Å². The Bertz CT molecular complexity index is 1770. The smallest absolute Gasteiger partial charge is 0.379 e. The zero-order valence-corrected chi connectivity index (χ0v) is 34.1. The van der Waals surface area contributed by atoms with E-state index in [2.05, 4.69) is 72.6 Å². The number of aromatic nitrogens is 2. The molecule has 2 heterocycles. The molecular formula is C43H61FN3O8P. The number of H-pyrrole nitrogens is 1. The molecule has 2 aromatic rings. The van der Waals surface area contributed by atoms with Gasteiger partial charge in [-0.05, 0) is 97.0 Å². The molecule has 11 nitrogen and oxygen atoms in total. The molecule has 56 heavy (non-hydrogen) atoms. The number of unbranched alkanes of at least 4 members (excludes halogenated alkanes) is 1. The molecule has 2 unspecified atom stereocenters. The Morgan fingerprint density at radius 2 is 1.52 bits per heavy atom. The maximum absolute atomic E-state index is 15.7. The third-order valence-electron chi connectivity index (χ3n) is 9.20. The van der Waals surface area contributed by atoms with Gasteiger partial charge in [-0.25, -0.2) is 13.8 Å². The van der Waals surface area contributed by atoms with Crippen LogP contribution in [0.4, 0.5) is 4.39 Å². The summed E-state index contributed by atoms with van der Waals surface area (Å²) in [5.41, 5.74) is -3.99. The fraction of sp³-hybridized carbons (Fsp3) is 0.512. The van der Waals surface area contributed by atoms with E-state index in [0.717, 1.165) is 68.7 Å². The van der Waals surface area contributed by atoms with E-state index in [0.29, 0.717) is 44.5 Å². The van der Waals surface area contributed by atoms with Crippen LogP contribution in [0.2, 0.25) is 0 Å². The zero-order valence-electron chi connectivity index (χ0n) is 33.2. The van der Waals surface area contributed by atoms with Gasteiger partial charge in [-0.1, -0.05) is 85.9 Å². The summed E-state index contributed by atoms with van der Waals surface area (Å²) >= 11 is 0. The molecule has 1 aliphatic heterocycles. The van der Waals surface area contributed by atoms with Crippen LogP contribution in [-0.2, 0) is 18.6 Å². The molecule has 0 bridgehead atoms. The largest absolute Gasteiger partial charge is 0.424 e. The van der Waals surface area contributed by atoms with Gasteiger partial charge >= 0.3 is 13.3 Å². The highest BCUT2D eigenvalue weighted by Gasteiger charge is 2.55. The lowest BCUT2D eigenvalue weighted by atomic mass is 9.98. The first kappa shape index (κ1) is 46.5. The lowest BCUT2D eigenvalue weighted by Gasteiger charge is -2.25. The number of para-hydroxylation sites is 1. The van der Waals surface area contributed by atoms with Crippen LogP contribution in [0.25, 0.3) is 0 Å². The number of carbonyl (C=O) groups is 1. The monoisotopic (exact) mass is 797 g/mol. The van der Waals surface area contributed by atoms with Crippen LogP contribution in [0.3, 0.4) is 0 Å². The number of halogens is 1. The second-order valence-electron chi connectivity index (χ2n) is 14.1. The zero-order chi connectivity index (χ0) is 40.7. The Morgan fingerprint density at radius 3 is 2.14 bits per heavy atom. The number of rotatable bonds is 27. The quantitative estimate of drug-likeness (QED) is 0.0518. The third-order valence-corrected chi connectivity index (χ3v) is 11.1. The van der Waals surface area contributed by atoms with E-state index in [1.54, 1.807) is 30.3 Å². The maximum Gasteiger partial charge on any atom is 0.379 e. The number of aliphatic hydroxyl groups is 1. The number of ether oxygens (including phenoxy) is 1. The number of carbonyl (C=O) groups excluding carboxylic acids is 1. The van der Waals surface area contributed by atoms with E-state index in [1.165, 1.54) is 0 Å². The van der Waals surface area contributed by atoms with E-state index in [-0.39, 0.29) is 11.9 Å². The molecule has 0 radical (unpaired) electrons. The number of hydrogen-bond acceptors (Lipinski definition) is 9. The van der Waals surface area contributed by atoms with Crippen molar-refractivity contribution in [3.8, 4) is 5.75 Å². The summed E-state index contributed by atoms with van der Waals surface area (Å²) in [5.74, 6) is 0.568. The van der Waals surface area contributed by atoms with Gasteiger partial charge in [0.2, 0.25) is 0 Å². The molecule has 1 aromatic heterocycles. The van der Waals surface area contributed by atoms with Crippen molar-refractivity contribution in [1.82, 2.24) is 14.5 Å². The van der Waals surface area contributed by atoms with Gasteiger partial charge in [-0.3, -0.25) is 23.7 Å². The summed E-state index contributed by atoms with van der Waals surface area (Å²) in [7, 11) is -1.90. The second kappa shape index (κ2) is 25.3. The molecular weight excluding hydrogens is 736 g/mol. The molecule has 1 aliphatic rings. The number of hydrogen-bond donors (Lipinski definition) is 2. The molecule has 1 aromatic carbocycles. The molecule has 13 heteroatoms. The normalized spacial score (nSPS) is 21.4. The van der Waals surface area contributed by atoms with Gasteiger partial charge < -0.3 is 19.3 Å². The van der Waals surface area contributed by atoms with Crippen LogP contribution in [0.5, 0.6) is 5.75 Å². The fourth-order valence-corrected chi connectivity index (χ4v) is 7.65. The minimum atomic E-state index is -3.83. The van der Waals surface area contributed by atoms with Crippen molar-refractivity contribution in [1.29, 1.82) is 0 Å². The number of aliphatic hydroxyl groups excluding tert-OH is 1. The highest BCUT2D eigenvalue weighted by atomic mass is 31.2. The SMILES string of the molecule is CC/C=C\C/C=C\C/C=C\C/C=C\C/C=C\CCCC(=O)CCCN(C)CCCP(=O)(OC[C@H]1OC(n2ccc(=O)[nH]c2=O)[C@](C)(F)[C@@H]1O)Oc1ccccc1. The van der Waals surface area contributed by atoms with Gasteiger partial charge in [0.25, 0.3) is 5.56 Å². The number of nitrogens with one attached hydrogen (secondary N) is 1. The summed E-state index contributed by atoms with van der Waals surface area (Å²) in [6.07, 6.45) is 27.0. The number of ketones is 1. The summed E-state index contributed by atoms with van der Waals surface area (Å²) in [5, 5.41) is 10.8. The molecule has 5 atom stereocenters. The molecule has 308 valence electrons. The molecule has 2 N–H and O–H groups in total. The molecule has 0 amide bonds. The lowest BCUT2D eigenvalue weighted by molar-refractivity contribution is -0.119. The van der Waals surface area contributed by atoms with Crippen LogP contribution in [0.1, 0.15) is 90.7 Å². The first-order chi connectivity index (χ1) is 26.9. The van der Waals surface area contributed by atoms with Gasteiger partial charge in [-0.15, -0.1) is 0 Å². The molecule has 0 saturated carbocycles. The van der Waals surface area contributed by atoms with E-state index in [9.17, 15) is 24.1 Å². The van der Waals surface area contributed by atoms with Gasteiger partial charge in [-0.2, -0.15) is 0 Å². The van der Waals surface area contributed by atoms with Crippen molar-refractivity contribution < 1.29 is 32.6 Å². The summed E-state index contributed by atoms with van der Waals surface area (Å²) < 4.78 is 47.8. The van der Waals surface area contributed by atoms with Crippen LogP contribution in [0, 0.1) is 0 Å². The minimum absolute atomic E-state index is 0.0273. The van der Waals surface area contributed by atoms with Gasteiger partial charge in [0.05, 0.1) is 12.8 Å². The van der Waals surface area contributed by atoms with Crippen molar-refractivity contribution in [3.05, 3.63) is 124 Å². The average molecular weight is 798 g/mol. The standard InChI is InChI=1S/C43H61FN3O8P/c1-4-5-6-7-8-9-10-11-12-13-14-15-16-17-18-19-21-26-36(48)27-24-31-46(3)32-25-34-56(52,55-37-28-22-20-23-29-37)53-35-38-40(50)43(2,44)41(54-38)47-33-30-39(49)45-42(47)51/h5-6,8-9,11-12,14-15,17-18,20,22-23,28-30,33,38,40-41,50H,4,7,10,13,16,19,21,24-27,31-32,34-35H2,1-3H3,(H,45,49,51)/b6-5-,9-8-,12-11-,15-14-,18-17-/t38-,40-,41?,43-,56?/m1/s1. The lowest BCUT2D eigenvalue weighted by Crippen LogP contribution is -2.43. The Labute approximate surface area is 331 Å². The number of alkyl halides is 1. The van der Waals surface area contributed by atoms with Crippen LogP contribution >= 0.6 is 7.60 Å². The van der Waals surface area contributed by atoms with E-state index in [4.69, 9.17) is 13.8 Å². The van der Waals surface area contributed by atoms with Crippen LogP contribution in [0.15, 0.2) is 113 Å². The molecule has 1 saturated heterocycles. The first-order valence-corrected chi connectivity index (χ1v) is 21.5. The van der Waals surface area contributed by atoms with Gasteiger partial charge in [0.15, 0.2) is 11.9 Å². The predicted molar refractivity (Wildman–Crippen MR) is 221 cm³/mol. The Hall–Kier alpha value is -3.93. The third kappa shape index (κ3) is 17.1. The molecule has 0 aliphatic carbocycles. The van der Waals surface area contributed by atoms with Crippen molar-refractivity contribution in [2.24, 2.45) is 0 Å². The van der Waals surface area contributed by atoms with Gasteiger partial charge in [0, 0.05) is 25.1 Å². The minimum Gasteiger partial charge on any atom is -0.424 e. The fourth-order valence-electron chi connectivity index (χ4n) is 6.03. The van der Waals surface area contributed by atoms with E-state index >= 15 is 4.39 Å². The second-order valence-corrected chi connectivity index (χ2v) is 16.2. The van der Waals surface area contributed by atoms with Crippen molar-refractivity contribution >= 4 is 13.4 Å². The molecule has 0 spiro atoms. The Morgan fingerprint density at radius 1 is 0.929 bits per heavy atom. The van der Waals surface area contributed by atoms with E-state index in [1.807, 2.05) is 12.0 Å². The van der Waals surface area contributed by atoms with Crippen molar-refractivity contribution in [2.45, 2.75) is 109 Å². The summed E-state index contributed by atoms with van der Waals surface area (Å²) in [6, 6.07) is 9.56. The number of aromatic amines is 1. The van der Waals surface area contributed by atoms with E-state index < -0.39 is 49.6 Å². The summed E-state index contributed by atoms with van der Waals surface area (Å²) in [6.45, 7) is 3.99. The number of nitrogens with zero attached hydrogens (tertiary/aromatic N) is 2. The van der Waals surface area contributed by atoms with Crippen LogP contribution in [-0.4, -0.2) is 76.1 Å². The maximum atomic E-state index is 15.7.